The lowest BCUT2D eigenvalue weighted by molar-refractivity contribution is -0.133. The average Bonchev–Trinajstić information content (AvgIpc) is 3.35. The Kier molecular flexibility index (Phi) is 4.87. The summed E-state index contributed by atoms with van der Waals surface area (Å²) in [7, 11) is 0. The van der Waals surface area contributed by atoms with Gasteiger partial charge in [-0.15, -0.1) is 0 Å². The third kappa shape index (κ3) is 3.80. The number of hydrogen-bond acceptors (Lipinski definition) is 5. The molecule has 2 saturated heterocycles. The van der Waals surface area contributed by atoms with Crippen LogP contribution in [0, 0.1) is 10.8 Å². The van der Waals surface area contributed by atoms with Crippen molar-refractivity contribution in [2.24, 2.45) is 10.8 Å². The van der Waals surface area contributed by atoms with Crippen LogP contribution in [0.1, 0.15) is 58.4 Å². The average molecular weight is 442 g/mol. The molecule has 1 N–H and O–H groups in total. The van der Waals surface area contributed by atoms with Crippen LogP contribution in [0.4, 0.5) is 4.79 Å². The van der Waals surface area contributed by atoms with E-state index in [1.54, 1.807) is 12.1 Å². The molecule has 3 fully saturated rings. The summed E-state index contributed by atoms with van der Waals surface area (Å²) in [6, 6.07) is 4.59. The fourth-order valence-electron chi connectivity index (χ4n) is 6.31. The van der Waals surface area contributed by atoms with Gasteiger partial charge in [0.1, 0.15) is 6.04 Å². The second-order valence-corrected chi connectivity index (χ2v) is 10.9. The number of rotatable bonds is 5. The fourth-order valence-corrected chi connectivity index (χ4v) is 6.31. The maximum atomic E-state index is 13.0. The van der Waals surface area contributed by atoms with Gasteiger partial charge >= 0.3 is 6.03 Å². The molecular formula is C24H31N3O5. The fraction of sp³-hybridized carbons (Fsp3) is 0.625. The van der Waals surface area contributed by atoms with Crippen LogP contribution in [-0.4, -0.2) is 53.1 Å². The largest absolute Gasteiger partial charge is 0.454 e. The molecular weight excluding hydrogens is 410 g/mol. The summed E-state index contributed by atoms with van der Waals surface area (Å²) in [6.07, 6.45) is 3.81. The maximum absolute atomic E-state index is 13.0. The van der Waals surface area contributed by atoms with Gasteiger partial charge in [-0.25, -0.2) is 4.79 Å². The molecule has 0 spiro atoms. The van der Waals surface area contributed by atoms with E-state index in [0.717, 1.165) is 31.4 Å². The van der Waals surface area contributed by atoms with E-state index in [-0.39, 0.29) is 48.4 Å². The number of nitrogens with zero attached hydrogens (tertiary/aromatic N) is 2. The summed E-state index contributed by atoms with van der Waals surface area (Å²) < 4.78 is 10.7. The Bertz CT molecular complexity index is 976. The van der Waals surface area contributed by atoms with Crippen molar-refractivity contribution in [2.45, 2.75) is 71.5 Å². The monoisotopic (exact) mass is 441 g/mol. The molecule has 0 radical (unpaired) electrons. The maximum Gasteiger partial charge on any atom is 0.325 e. The molecule has 0 unspecified atom stereocenters. The van der Waals surface area contributed by atoms with Crippen molar-refractivity contribution in [3.05, 3.63) is 23.8 Å². The zero-order valence-electron chi connectivity index (χ0n) is 19.0. The van der Waals surface area contributed by atoms with Crippen molar-refractivity contribution in [1.82, 2.24) is 15.1 Å². The number of carbonyl (C=O) groups excluding carboxylic acids is 3. The highest BCUT2D eigenvalue weighted by molar-refractivity contribution is 6.04. The Morgan fingerprint density at radius 3 is 2.75 bits per heavy atom. The molecule has 3 atom stereocenters. The predicted octanol–water partition coefficient (Wildman–Crippen LogP) is 3.04. The van der Waals surface area contributed by atoms with Crippen LogP contribution >= 0.6 is 0 Å². The highest BCUT2D eigenvalue weighted by Crippen LogP contribution is 2.52. The van der Waals surface area contributed by atoms with Gasteiger partial charge in [0.05, 0.1) is 6.54 Å². The van der Waals surface area contributed by atoms with Gasteiger partial charge in [0, 0.05) is 19.0 Å². The number of amides is 4. The topological polar surface area (TPSA) is 88.2 Å². The van der Waals surface area contributed by atoms with E-state index in [0.29, 0.717) is 17.9 Å². The number of urea groups is 1. The molecule has 1 saturated carbocycles. The van der Waals surface area contributed by atoms with Crippen molar-refractivity contribution in [3.8, 4) is 11.5 Å². The molecule has 8 heteroatoms. The van der Waals surface area contributed by atoms with Crippen molar-refractivity contribution in [3.63, 3.8) is 0 Å². The second kappa shape index (κ2) is 7.39. The number of imide groups is 1. The summed E-state index contributed by atoms with van der Waals surface area (Å²) in [5.41, 5.74) is 1.22. The highest BCUT2D eigenvalue weighted by Gasteiger charge is 2.51. The number of ether oxygens (including phenoxy) is 2. The zero-order chi connectivity index (χ0) is 22.7. The van der Waals surface area contributed by atoms with Crippen LogP contribution in [0.15, 0.2) is 18.2 Å². The molecule has 8 nitrogen and oxygen atoms in total. The van der Waals surface area contributed by atoms with Crippen molar-refractivity contribution >= 4 is 17.8 Å². The Labute approximate surface area is 188 Å². The van der Waals surface area contributed by atoms with Gasteiger partial charge in [-0.05, 0) is 54.2 Å². The molecule has 2 bridgehead atoms. The lowest BCUT2D eigenvalue weighted by Crippen LogP contribution is -2.39. The van der Waals surface area contributed by atoms with Crippen LogP contribution in [0.3, 0.4) is 0 Å². The standard InChI is InChI=1S/C24H31N3O5/c1-23(2)9-16-10-24(3,12-23)13-27(16)20(28)7-5-17-21(29)26(22(30)25-17)11-15-4-6-18-19(8-15)32-14-31-18/h4,6,8,16-17H,5,7,9-14H2,1-3H3,(H,25,30)/t16-,17-,24-/m1/s1. The van der Waals surface area contributed by atoms with Gasteiger partial charge in [-0.2, -0.15) is 0 Å². The van der Waals surface area contributed by atoms with Crippen LogP contribution in [0.25, 0.3) is 0 Å². The molecule has 172 valence electrons. The first kappa shape index (κ1) is 21.1. The summed E-state index contributed by atoms with van der Waals surface area (Å²) >= 11 is 0. The van der Waals surface area contributed by atoms with E-state index in [1.165, 1.54) is 4.90 Å². The van der Waals surface area contributed by atoms with Gasteiger partial charge in [-0.1, -0.05) is 26.8 Å². The Hall–Kier alpha value is -2.77. The highest BCUT2D eigenvalue weighted by atomic mass is 16.7. The first-order chi connectivity index (χ1) is 15.1. The number of nitrogens with one attached hydrogen (secondary N) is 1. The van der Waals surface area contributed by atoms with Crippen LogP contribution in [0.2, 0.25) is 0 Å². The molecule has 32 heavy (non-hydrogen) atoms. The van der Waals surface area contributed by atoms with Gasteiger partial charge in [0.2, 0.25) is 12.7 Å². The molecule has 4 amide bonds. The van der Waals surface area contributed by atoms with E-state index in [9.17, 15) is 14.4 Å². The first-order valence-corrected chi connectivity index (χ1v) is 11.4. The number of carbonyl (C=O) groups is 3. The molecule has 0 aromatic heterocycles. The van der Waals surface area contributed by atoms with Crippen LogP contribution in [0.5, 0.6) is 11.5 Å². The van der Waals surface area contributed by atoms with Crippen molar-refractivity contribution in [1.29, 1.82) is 0 Å². The third-order valence-corrected chi connectivity index (χ3v) is 7.27. The molecule has 1 aromatic carbocycles. The van der Waals surface area contributed by atoms with Gasteiger partial charge in [-0.3, -0.25) is 14.5 Å². The summed E-state index contributed by atoms with van der Waals surface area (Å²) in [4.78, 5) is 41.6. The predicted molar refractivity (Wildman–Crippen MR) is 116 cm³/mol. The first-order valence-electron chi connectivity index (χ1n) is 11.4. The summed E-state index contributed by atoms with van der Waals surface area (Å²) in [5.74, 6) is 1.08. The minimum absolute atomic E-state index is 0.0905. The molecule has 5 rings (SSSR count). The van der Waals surface area contributed by atoms with Crippen molar-refractivity contribution in [2.75, 3.05) is 13.3 Å². The number of benzene rings is 1. The van der Waals surface area contributed by atoms with Gasteiger partial charge < -0.3 is 19.7 Å². The smallest absolute Gasteiger partial charge is 0.325 e. The quantitative estimate of drug-likeness (QED) is 0.710. The van der Waals surface area contributed by atoms with E-state index >= 15 is 0 Å². The molecule has 3 heterocycles. The third-order valence-electron chi connectivity index (χ3n) is 7.27. The second-order valence-electron chi connectivity index (χ2n) is 10.9. The minimum atomic E-state index is -0.658. The molecule has 3 aliphatic heterocycles. The van der Waals surface area contributed by atoms with Crippen molar-refractivity contribution < 1.29 is 23.9 Å². The van der Waals surface area contributed by atoms with E-state index in [4.69, 9.17) is 9.47 Å². The summed E-state index contributed by atoms with van der Waals surface area (Å²) in [6.45, 7) is 7.98. The Morgan fingerprint density at radius 1 is 1.16 bits per heavy atom. The van der Waals surface area contributed by atoms with E-state index in [1.807, 2.05) is 11.0 Å². The molecule has 4 aliphatic rings. The SMILES string of the molecule is CC1(C)C[C@@H]2C[C@@](C)(CN2C(=O)CC[C@H]2NC(=O)N(Cc3ccc4c(c3)OCO4)C2=O)C1. The number of fused-ring (bicyclic) bond motifs is 3. The Balaban J connectivity index is 1.18. The summed E-state index contributed by atoms with van der Waals surface area (Å²) in [5, 5.41) is 2.75. The Morgan fingerprint density at radius 2 is 1.94 bits per heavy atom. The normalized spacial score (nSPS) is 30.1. The lowest BCUT2D eigenvalue weighted by atomic mass is 9.65. The molecule has 1 aliphatic carbocycles. The number of likely N-dealkylation sites (tertiary alicyclic amines) is 1. The van der Waals surface area contributed by atoms with Crippen LogP contribution in [-0.2, 0) is 16.1 Å². The van der Waals surface area contributed by atoms with E-state index in [2.05, 4.69) is 26.1 Å². The number of hydrogen-bond donors (Lipinski definition) is 1. The van der Waals surface area contributed by atoms with E-state index < -0.39 is 12.1 Å². The zero-order valence-corrected chi connectivity index (χ0v) is 19.0. The minimum Gasteiger partial charge on any atom is -0.454 e. The lowest BCUT2D eigenvalue weighted by Gasteiger charge is -2.39. The molecule has 1 aromatic rings. The van der Waals surface area contributed by atoms with Gasteiger partial charge in [0.25, 0.3) is 5.91 Å². The van der Waals surface area contributed by atoms with Gasteiger partial charge in [0.15, 0.2) is 11.5 Å². The van der Waals surface area contributed by atoms with Crippen LogP contribution < -0.4 is 14.8 Å².